The van der Waals surface area contributed by atoms with E-state index in [2.05, 4.69) is 10.6 Å². The maximum Gasteiger partial charge on any atom is 0.408 e. The van der Waals surface area contributed by atoms with Crippen LogP contribution in [-0.2, 0) is 30.5 Å². The third-order valence-electron chi connectivity index (χ3n) is 4.46. The molecule has 1 aromatic carbocycles. The quantitative estimate of drug-likeness (QED) is 0.429. The first-order valence-electron chi connectivity index (χ1n) is 10.3. The molecular weight excluding hydrogens is 404 g/mol. The molecule has 0 bridgehead atoms. The Morgan fingerprint density at radius 2 is 1.65 bits per heavy atom. The summed E-state index contributed by atoms with van der Waals surface area (Å²) in [5.41, 5.74) is 0.793. The second-order valence-corrected chi connectivity index (χ2v) is 7.70. The Balaban J connectivity index is 2.76. The number of alkyl carbamates (subject to hydrolysis) is 1. The fourth-order valence-corrected chi connectivity index (χ4v) is 2.91. The number of esters is 1. The van der Waals surface area contributed by atoms with Crippen LogP contribution in [-0.4, -0.2) is 47.7 Å². The molecule has 0 radical (unpaired) electrons. The van der Waals surface area contributed by atoms with Crippen molar-refractivity contribution in [1.82, 2.24) is 10.6 Å². The molecule has 0 spiro atoms. The third-order valence-corrected chi connectivity index (χ3v) is 4.46. The van der Waals surface area contributed by atoms with Gasteiger partial charge in [0, 0.05) is 0 Å². The number of carboxylic acids is 1. The van der Waals surface area contributed by atoms with Gasteiger partial charge in [0.2, 0.25) is 5.91 Å². The Labute approximate surface area is 182 Å². The number of nitrogens with one attached hydrogen (secondary N) is 2. The molecule has 0 unspecified atom stereocenters. The van der Waals surface area contributed by atoms with E-state index in [0.717, 1.165) is 5.56 Å². The number of benzene rings is 1. The van der Waals surface area contributed by atoms with E-state index in [-0.39, 0.29) is 32.0 Å². The Bertz CT molecular complexity index is 737. The number of ether oxygens (including phenoxy) is 2. The van der Waals surface area contributed by atoms with Gasteiger partial charge in [0.05, 0.1) is 13.0 Å². The maximum atomic E-state index is 12.8. The van der Waals surface area contributed by atoms with Crippen LogP contribution in [0.4, 0.5) is 4.79 Å². The molecule has 2 amide bonds. The standard InChI is InChI=1S/C22H32N2O7/c1-5-30-18(25)12-15(4)19(21(27)28)24-20(26)17(11-14(2)3)23-22(29)31-13-16-9-7-6-8-10-16/h6-10,14-15,17,19H,5,11-13H2,1-4H3,(H,23,29)(H,24,26)(H,27,28)/t15-,17-,19-/m0/s1. The molecule has 0 saturated carbocycles. The highest BCUT2D eigenvalue weighted by atomic mass is 16.5. The number of hydrogen-bond donors (Lipinski definition) is 3. The minimum Gasteiger partial charge on any atom is -0.480 e. The number of rotatable bonds is 12. The van der Waals surface area contributed by atoms with Crippen LogP contribution in [0, 0.1) is 11.8 Å². The molecule has 1 aromatic rings. The van der Waals surface area contributed by atoms with Crippen LogP contribution >= 0.6 is 0 Å². The van der Waals surface area contributed by atoms with E-state index in [1.54, 1.807) is 19.1 Å². The topological polar surface area (TPSA) is 131 Å². The molecule has 3 N–H and O–H groups in total. The van der Waals surface area contributed by atoms with Gasteiger partial charge in [0.15, 0.2) is 0 Å². The van der Waals surface area contributed by atoms with Gasteiger partial charge in [-0.3, -0.25) is 9.59 Å². The average molecular weight is 437 g/mol. The lowest BCUT2D eigenvalue weighted by Crippen LogP contribution is -2.54. The van der Waals surface area contributed by atoms with Gasteiger partial charge in [-0.1, -0.05) is 51.1 Å². The molecule has 31 heavy (non-hydrogen) atoms. The second-order valence-electron chi connectivity index (χ2n) is 7.70. The summed E-state index contributed by atoms with van der Waals surface area (Å²) in [6.07, 6.45) is -0.659. The van der Waals surface area contributed by atoms with Crippen LogP contribution in [0.2, 0.25) is 0 Å². The van der Waals surface area contributed by atoms with Crippen molar-refractivity contribution in [3.8, 4) is 0 Å². The molecule has 0 fully saturated rings. The van der Waals surface area contributed by atoms with Crippen molar-refractivity contribution in [2.75, 3.05) is 6.61 Å². The molecule has 0 aliphatic heterocycles. The van der Waals surface area contributed by atoms with Gasteiger partial charge in [-0.2, -0.15) is 0 Å². The first kappa shape index (κ1) is 25.9. The maximum absolute atomic E-state index is 12.8. The summed E-state index contributed by atoms with van der Waals surface area (Å²) in [7, 11) is 0. The normalized spacial score (nSPS) is 13.6. The van der Waals surface area contributed by atoms with Crippen molar-refractivity contribution in [1.29, 1.82) is 0 Å². The zero-order chi connectivity index (χ0) is 23.4. The van der Waals surface area contributed by atoms with Crippen molar-refractivity contribution in [3.63, 3.8) is 0 Å². The number of hydrogen-bond acceptors (Lipinski definition) is 6. The molecule has 3 atom stereocenters. The van der Waals surface area contributed by atoms with E-state index >= 15 is 0 Å². The monoisotopic (exact) mass is 436 g/mol. The molecule has 0 aliphatic rings. The summed E-state index contributed by atoms with van der Waals surface area (Å²) in [5, 5.41) is 14.4. The van der Waals surface area contributed by atoms with Gasteiger partial charge < -0.3 is 25.2 Å². The molecule has 0 aliphatic carbocycles. The van der Waals surface area contributed by atoms with Gasteiger partial charge in [-0.25, -0.2) is 9.59 Å². The van der Waals surface area contributed by atoms with Crippen molar-refractivity contribution in [2.24, 2.45) is 11.8 Å². The SMILES string of the molecule is CCOC(=O)C[C@H](C)[C@H](NC(=O)[C@H](CC(C)C)NC(=O)OCc1ccccc1)C(=O)O. The van der Waals surface area contributed by atoms with E-state index in [1.165, 1.54) is 6.92 Å². The number of carbonyl (C=O) groups excluding carboxylic acids is 3. The highest BCUT2D eigenvalue weighted by Gasteiger charge is 2.32. The fraction of sp³-hybridized carbons (Fsp3) is 0.545. The molecule has 0 saturated heterocycles. The highest BCUT2D eigenvalue weighted by Crippen LogP contribution is 2.12. The number of amides is 2. The van der Waals surface area contributed by atoms with E-state index in [4.69, 9.17) is 9.47 Å². The first-order valence-corrected chi connectivity index (χ1v) is 10.3. The zero-order valence-electron chi connectivity index (χ0n) is 18.4. The van der Waals surface area contributed by atoms with E-state index in [9.17, 15) is 24.3 Å². The first-order chi connectivity index (χ1) is 14.6. The second kappa shape index (κ2) is 13.3. The van der Waals surface area contributed by atoms with E-state index in [0.29, 0.717) is 0 Å². The molecule has 0 aromatic heterocycles. The predicted octanol–water partition coefficient (Wildman–Crippen LogP) is 2.49. The van der Waals surface area contributed by atoms with Gasteiger partial charge >= 0.3 is 18.0 Å². The lowest BCUT2D eigenvalue weighted by Gasteiger charge is -2.25. The smallest absolute Gasteiger partial charge is 0.408 e. The fourth-order valence-electron chi connectivity index (χ4n) is 2.91. The highest BCUT2D eigenvalue weighted by molar-refractivity contribution is 5.89. The largest absolute Gasteiger partial charge is 0.480 e. The van der Waals surface area contributed by atoms with Crippen LogP contribution in [0.25, 0.3) is 0 Å². The minimum atomic E-state index is -1.31. The average Bonchev–Trinajstić information content (AvgIpc) is 2.70. The summed E-state index contributed by atoms with van der Waals surface area (Å²) in [4.78, 5) is 48.3. The lowest BCUT2D eigenvalue weighted by atomic mass is 9.97. The van der Waals surface area contributed by atoms with Gasteiger partial charge in [0.25, 0.3) is 0 Å². The zero-order valence-corrected chi connectivity index (χ0v) is 18.4. The summed E-state index contributed by atoms with van der Waals surface area (Å²) < 4.78 is 10.0. The van der Waals surface area contributed by atoms with Crippen molar-refractivity contribution in [3.05, 3.63) is 35.9 Å². The molecule has 172 valence electrons. The minimum absolute atomic E-state index is 0.0387. The van der Waals surface area contributed by atoms with Crippen molar-refractivity contribution in [2.45, 2.75) is 59.2 Å². The number of aliphatic carboxylic acids is 1. The van der Waals surface area contributed by atoms with Crippen LogP contribution in [0.5, 0.6) is 0 Å². The van der Waals surface area contributed by atoms with E-state index < -0.39 is 41.9 Å². The van der Waals surface area contributed by atoms with E-state index in [1.807, 2.05) is 32.0 Å². The third kappa shape index (κ3) is 9.97. The van der Waals surface area contributed by atoms with Crippen LogP contribution < -0.4 is 10.6 Å². The Morgan fingerprint density at radius 1 is 1.00 bits per heavy atom. The number of carboxylic acid groups (broad SMARTS) is 1. The Kier molecular flexibility index (Phi) is 11.1. The van der Waals surface area contributed by atoms with Crippen LogP contribution in [0.1, 0.15) is 46.1 Å². The van der Waals surface area contributed by atoms with Crippen LogP contribution in [0.15, 0.2) is 30.3 Å². The Morgan fingerprint density at radius 3 is 2.19 bits per heavy atom. The number of carbonyl (C=O) groups is 4. The Hall–Kier alpha value is -3.10. The summed E-state index contributed by atoms with van der Waals surface area (Å²) in [6.45, 7) is 7.15. The summed E-state index contributed by atoms with van der Waals surface area (Å²) in [6, 6.07) is 6.77. The summed E-state index contributed by atoms with van der Waals surface area (Å²) >= 11 is 0. The van der Waals surface area contributed by atoms with Gasteiger partial charge in [0.1, 0.15) is 18.7 Å². The molecule has 0 heterocycles. The molecule has 9 heteroatoms. The molecule has 9 nitrogen and oxygen atoms in total. The van der Waals surface area contributed by atoms with Crippen molar-refractivity contribution < 1.29 is 33.8 Å². The van der Waals surface area contributed by atoms with Crippen molar-refractivity contribution >= 4 is 23.9 Å². The van der Waals surface area contributed by atoms with Gasteiger partial charge in [-0.15, -0.1) is 0 Å². The predicted molar refractivity (Wildman–Crippen MR) is 113 cm³/mol. The lowest BCUT2D eigenvalue weighted by molar-refractivity contribution is -0.147. The van der Waals surface area contributed by atoms with Crippen LogP contribution in [0.3, 0.4) is 0 Å². The summed E-state index contributed by atoms with van der Waals surface area (Å²) in [5.74, 6) is -3.14. The van der Waals surface area contributed by atoms with Gasteiger partial charge in [-0.05, 0) is 30.7 Å². The molecular formula is C22H32N2O7. The molecule has 1 rings (SSSR count).